The third kappa shape index (κ3) is 12.9. The minimum Gasteiger partial charge on any atom is -0.303 e. The maximum absolute atomic E-state index is 2.67. The van der Waals surface area contributed by atoms with E-state index in [2.05, 4.69) is 18.7 Å². The first-order valence-electron chi connectivity index (χ1n) is 9.55. The van der Waals surface area contributed by atoms with E-state index < -0.39 is 0 Å². The molecule has 1 saturated heterocycles. The van der Waals surface area contributed by atoms with Crippen molar-refractivity contribution in [2.24, 2.45) is 5.92 Å². The minimum absolute atomic E-state index is 0. The normalized spacial score (nSPS) is 18.9. The van der Waals surface area contributed by atoms with Crippen molar-refractivity contribution >= 4 is 24.0 Å². The van der Waals surface area contributed by atoms with Crippen molar-refractivity contribution in [2.75, 3.05) is 19.6 Å². The largest absolute Gasteiger partial charge is 0.303 e. The average molecular weight is 409 g/mol. The molecule has 1 atom stereocenters. The van der Waals surface area contributed by atoms with Crippen LogP contribution in [-0.2, 0) is 0 Å². The molecule has 0 aromatic rings. The van der Waals surface area contributed by atoms with Gasteiger partial charge in [-0.2, -0.15) is 0 Å². The molecule has 1 heterocycles. The van der Waals surface area contributed by atoms with Gasteiger partial charge in [0.2, 0.25) is 0 Å². The van der Waals surface area contributed by atoms with E-state index in [1.54, 1.807) is 0 Å². The molecule has 0 aromatic carbocycles. The summed E-state index contributed by atoms with van der Waals surface area (Å²) in [6.07, 6.45) is 18.9. The Kier molecular flexibility index (Phi) is 16.1. The summed E-state index contributed by atoms with van der Waals surface area (Å²) in [5.41, 5.74) is 0. The molecule has 21 heavy (non-hydrogen) atoms. The van der Waals surface area contributed by atoms with Crippen LogP contribution in [0.15, 0.2) is 0 Å². The molecule has 0 saturated carbocycles. The predicted molar refractivity (Wildman–Crippen MR) is 107 cm³/mol. The van der Waals surface area contributed by atoms with Crippen molar-refractivity contribution in [3.05, 3.63) is 0 Å². The minimum atomic E-state index is 0. The monoisotopic (exact) mass is 409 g/mol. The zero-order chi connectivity index (χ0) is 14.5. The lowest BCUT2D eigenvalue weighted by Gasteiger charge is -2.14. The third-order valence-corrected chi connectivity index (χ3v) is 4.84. The van der Waals surface area contributed by atoms with Gasteiger partial charge in [0.25, 0.3) is 0 Å². The van der Waals surface area contributed by atoms with Gasteiger partial charge in [-0.15, -0.1) is 24.0 Å². The summed E-state index contributed by atoms with van der Waals surface area (Å²) in [5.74, 6) is 0.951. The Hall–Kier alpha value is 0.690. The summed E-state index contributed by atoms with van der Waals surface area (Å²) in [6, 6.07) is 0. The van der Waals surface area contributed by atoms with Crippen molar-refractivity contribution in [2.45, 2.75) is 97.3 Å². The van der Waals surface area contributed by atoms with E-state index in [4.69, 9.17) is 0 Å². The summed E-state index contributed by atoms with van der Waals surface area (Å²) >= 11 is 0. The second kappa shape index (κ2) is 15.6. The second-order valence-corrected chi connectivity index (χ2v) is 7.08. The number of unbranched alkanes of at least 4 members (excludes halogenated alkanes) is 11. The van der Waals surface area contributed by atoms with Gasteiger partial charge in [0.1, 0.15) is 0 Å². The zero-order valence-electron chi connectivity index (χ0n) is 14.7. The molecule has 0 radical (unpaired) electrons. The summed E-state index contributed by atoms with van der Waals surface area (Å²) < 4.78 is 0. The van der Waals surface area contributed by atoms with E-state index in [0.717, 1.165) is 5.92 Å². The van der Waals surface area contributed by atoms with Crippen LogP contribution in [-0.4, -0.2) is 24.5 Å². The SMILES string of the molecule is CCCCCCCCCCCCCCN1CCC(C)C1.I. The Morgan fingerprint density at radius 3 is 1.67 bits per heavy atom. The molecule has 0 bridgehead atoms. The standard InChI is InChI=1S/C19H39N.HI/c1-3-4-5-6-7-8-9-10-11-12-13-14-16-20-17-15-19(2)18-20;/h19H,3-18H2,1-2H3;1H. The number of rotatable bonds is 13. The number of likely N-dealkylation sites (tertiary alicyclic amines) is 1. The van der Waals surface area contributed by atoms with E-state index in [9.17, 15) is 0 Å². The van der Waals surface area contributed by atoms with Crippen LogP contribution in [0.5, 0.6) is 0 Å². The predicted octanol–water partition coefficient (Wildman–Crippen LogP) is 6.65. The molecule has 1 fully saturated rings. The number of nitrogens with zero attached hydrogens (tertiary/aromatic N) is 1. The Balaban J connectivity index is 0.00000400. The molecule has 1 unspecified atom stereocenters. The van der Waals surface area contributed by atoms with E-state index in [1.165, 1.54) is 103 Å². The molecule has 2 heteroatoms. The highest BCUT2D eigenvalue weighted by atomic mass is 127. The van der Waals surface area contributed by atoms with Gasteiger partial charge in [-0.25, -0.2) is 0 Å². The topological polar surface area (TPSA) is 3.24 Å². The summed E-state index contributed by atoms with van der Waals surface area (Å²) in [7, 11) is 0. The Labute approximate surface area is 151 Å². The lowest BCUT2D eigenvalue weighted by molar-refractivity contribution is 0.317. The van der Waals surface area contributed by atoms with Gasteiger partial charge in [0, 0.05) is 6.54 Å². The fourth-order valence-electron chi connectivity index (χ4n) is 3.41. The van der Waals surface area contributed by atoms with E-state index in [-0.39, 0.29) is 24.0 Å². The molecule has 0 N–H and O–H groups in total. The van der Waals surface area contributed by atoms with Crippen molar-refractivity contribution in [3.8, 4) is 0 Å². The summed E-state index contributed by atoms with van der Waals surface area (Å²) in [4.78, 5) is 2.67. The van der Waals surface area contributed by atoms with Gasteiger partial charge >= 0.3 is 0 Å². The van der Waals surface area contributed by atoms with Crippen LogP contribution in [0.4, 0.5) is 0 Å². The van der Waals surface area contributed by atoms with Gasteiger partial charge in [0.15, 0.2) is 0 Å². The zero-order valence-corrected chi connectivity index (χ0v) is 17.1. The van der Waals surface area contributed by atoms with Gasteiger partial charge in [-0.3, -0.25) is 0 Å². The maximum atomic E-state index is 2.67. The fourth-order valence-corrected chi connectivity index (χ4v) is 3.41. The second-order valence-electron chi connectivity index (χ2n) is 7.08. The quantitative estimate of drug-likeness (QED) is 0.243. The molecule has 1 nitrogen and oxygen atoms in total. The molecule has 128 valence electrons. The Morgan fingerprint density at radius 1 is 0.762 bits per heavy atom. The molecule has 1 aliphatic rings. The van der Waals surface area contributed by atoms with Crippen LogP contribution in [0.2, 0.25) is 0 Å². The summed E-state index contributed by atoms with van der Waals surface area (Å²) in [6.45, 7) is 8.77. The lowest BCUT2D eigenvalue weighted by Crippen LogP contribution is -2.21. The van der Waals surface area contributed by atoms with Crippen LogP contribution in [0, 0.1) is 5.92 Å². The van der Waals surface area contributed by atoms with Crippen LogP contribution in [0.3, 0.4) is 0 Å². The van der Waals surface area contributed by atoms with Crippen molar-refractivity contribution in [3.63, 3.8) is 0 Å². The van der Waals surface area contributed by atoms with Crippen LogP contribution in [0.1, 0.15) is 97.3 Å². The lowest BCUT2D eigenvalue weighted by atomic mass is 10.1. The maximum Gasteiger partial charge on any atom is 0.000750 e. The number of halogens is 1. The molecule has 1 aliphatic heterocycles. The smallest absolute Gasteiger partial charge is 0.000750 e. The van der Waals surface area contributed by atoms with Gasteiger partial charge in [0.05, 0.1) is 0 Å². The van der Waals surface area contributed by atoms with Crippen molar-refractivity contribution < 1.29 is 0 Å². The average Bonchev–Trinajstić information content (AvgIpc) is 2.86. The highest BCUT2D eigenvalue weighted by molar-refractivity contribution is 14.0. The van der Waals surface area contributed by atoms with E-state index in [0.29, 0.717) is 0 Å². The van der Waals surface area contributed by atoms with E-state index in [1.807, 2.05) is 0 Å². The molecular weight excluding hydrogens is 369 g/mol. The van der Waals surface area contributed by atoms with Crippen molar-refractivity contribution in [1.29, 1.82) is 0 Å². The first-order chi connectivity index (χ1) is 9.83. The molecular formula is C19H40IN. The first-order valence-corrected chi connectivity index (χ1v) is 9.55. The first kappa shape index (κ1) is 21.7. The highest BCUT2D eigenvalue weighted by Gasteiger charge is 2.17. The van der Waals surface area contributed by atoms with Crippen LogP contribution in [0.25, 0.3) is 0 Å². The third-order valence-electron chi connectivity index (χ3n) is 4.84. The summed E-state index contributed by atoms with van der Waals surface area (Å²) in [5, 5.41) is 0. The fraction of sp³-hybridized carbons (Fsp3) is 1.00. The molecule has 0 aromatic heterocycles. The van der Waals surface area contributed by atoms with Crippen LogP contribution < -0.4 is 0 Å². The van der Waals surface area contributed by atoms with Crippen LogP contribution >= 0.6 is 24.0 Å². The molecule has 0 aliphatic carbocycles. The molecule has 0 spiro atoms. The number of hydrogen-bond donors (Lipinski definition) is 0. The highest BCUT2D eigenvalue weighted by Crippen LogP contribution is 2.16. The molecule has 1 rings (SSSR count). The van der Waals surface area contributed by atoms with Gasteiger partial charge in [-0.1, -0.05) is 84.5 Å². The van der Waals surface area contributed by atoms with Gasteiger partial charge in [-0.05, 0) is 31.8 Å². The molecule has 0 amide bonds. The van der Waals surface area contributed by atoms with E-state index >= 15 is 0 Å². The Bertz CT molecular complexity index is 208. The van der Waals surface area contributed by atoms with Gasteiger partial charge < -0.3 is 4.90 Å². The number of hydrogen-bond acceptors (Lipinski definition) is 1. The van der Waals surface area contributed by atoms with Crippen molar-refractivity contribution in [1.82, 2.24) is 4.90 Å². The Morgan fingerprint density at radius 2 is 1.24 bits per heavy atom.